The summed E-state index contributed by atoms with van der Waals surface area (Å²) in [5.74, 6) is -3.87. The van der Waals surface area contributed by atoms with Crippen LogP contribution >= 0.6 is 22.9 Å². The molecule has 0 radical (unpaired) electrons. The number of thiophene rings is 1. The average Bonchev–Trinajstić information content (AvgIpc) is 3.40. The second kappa shape index (κ2) is 11.9. The zero-order chi connectivity index (χ0) is 28.1. The molecule has 0 aliphatic carbocycles. The van der Waals surface area contributed by atoms with Crippen LogP contribution in [0.15, 0.2) is 64.2 Å². The van der Waals surface area contributed by atoms with Gasteiger partial charge in [0.2, 0.25) is 0 Å². The van der Waals surface area contributed by atoms with Crippen molar-refractivity contribution in [2.24, 2.45) is 0 Å². The van der Waals surface area contributed by atoms with E-state index in [0.717, 1.165) is 30.1 Å². The molecule has 1 saturated heterocycles. The van der Waals surface area contributed by atoms with Crippen molar-refractivity contribution in [1.82, 2.24) is 0 Å². The summed E-state index contributed by atoms with van der Waals surface area (Å²) in [5.41, 5.74) is 1.96. The Morgan fingerprint density at radius 3 is 2.11 bits per heavy atom. The first kappa shape index (κ1) is 29.1. The molecule has 3 N–H and O–H groups in total. The second-order valence-corrected chi connectivity index (χ2v) is 11.1. The Hall–Kier alpha value is -3.49. The molecule has 0 amide bonds. The number of alkyl halides is 3. The number of carboxylic acid groups (broad SMARTS) is 2. The molecule has 1 fully saturated rings. The SMILES string of the molecule is O=C(O)C(F)(F)F.O=C(O)c1ccc(N2CCN(c3cccc(Cl)c3)CC2)c(NS(=O)(=O)c2cccs2)c1. The van der Waals surface area contributed by atoms with Gasteiger partial charge in [0.25, 0.3) is 10.0 Å². The van der Waals surface area contributed by atoms with Crippen LogP contribution < -0.4 is 14.5 Å². The van der Waals surface area contributed by atoms with E-state index < -0.39 is 28.1 Å². The van der Waals surface area contributed by atoms with Crippen LogP contribution in [0.1, 0.15) is 10.4 Å². The molecule has 4 rings (SSSR count). The lowest BCUT2D eigenvalue weighted by atomic mass is 10.1. The van der Waals surface area contributed by atoms with Crippen LogP contribution in [0, 0.1) is 0 Å². The molecule has 0 spiro atoms. The summed E-state index contributed by atoms with van der Waals surface area (Å²) in [7, 11) is -3.81. The van der Waals surface area contributed by atoms with Gasteiger partial charge in [-0.15, -0.1) is 11.3 Å². The number of anilines is 3. The van der Waals surface area contributed by atoms with E-state index in [1.807, 2.05) is 24.3 Å². The van der Waals surface area contributed by atoms with E-state index in [4.69, 9.17) is 21.5 Å². The third kappa shape index (κ3) is 7.52. The van der Waals surface area contributed by atoms with Gasteiger partial charge in [-0.1, -0.05) is 23.7 Å². The maximum Gasteiger partial charge on any atom is 0.490 e. The summed E-state index contributed by atoms with van der Waals surface area (Å²) in [6.07, 6.45) is -5.08. The van der Waals surface area contributed by atoms with E-state index in [-0.39, 0.29) is 15.5 Å². The van der Waals surface area contributed by atoms with Gasteiger partial charge in [0.05, 0.1) is 16.9 Å². The number of rotatable bonds is 6. The summed E-state index contributed by atoms with van der Waals surface area (Å²) >= 11 is 7.21. The van der Waals surface area contributed by atoms with E-state index >= 15 is 0 Å². The number of nitrogens with zero attached hydrogens (tertiary/aromatic N) is 2. The van der Waals surface area contributed by atoms with Gasteiger partial charge < -0.3 is 20.0 Å². The molecule has 0 bridgehead atoms. The van der Waals surface area contributed by atoms with E-state index in [2.05, 4.69) is 14.5 Å². The number of aliphatic carboxylic acids is 1. The molecular formula is C23H21ClF3N3O6S2. The fraction of sp³-hybridized carbons (Fsp3) is 0.217. The minimum Gasteiger partial charge on any atom is -0.478 e. The molecule has 2 aromatic carbocycles. The molecule has 0 atom stereocenters. The molecule has 15 heteroatoms. The quantitative estimate of drug-likeness (QED) is 0.371. The Morgan fingerprint density at radius 1 is 0.947 bits per heavy atom. The van der Waals surface area contributed by atoms with Gasteiger partial charge in [0, 0.05) is 36.9 Å². The molecule has 38 heavy (non-hydrogen) atoms. The Balaban J connectivity index is 0.000000505. The van der Waals surface area contributed by atoms with E-state index in [9.17, 15) is 31.5 Å². The number of carboxylic acids is 2. The number of halogens is 4. The number of hydrogen-bond donors (Lipinski definition) is 3. The van der Waals surface area contributed by atoms with E-state index in [1.165, 1.54) is 18.2 Å². The van der Waals surface area contributed by atoms with Gasteiger partial charge in [-0.05, 0) is 47.8 Å². The molecule has 1 aromatic heterocycles. The number of hydrogen-bond acceptors (Lipinski definition) is 7. The maximum atomic E-state index is 12.8. The summed E-state index contributed by atoms with van der Waals surface area (Å²) in [6, 6.07) is 15.3. The van der Waals surface area contributed by atoms with E-state index in [1.54, 1.807) is 17.5 Å². The number of benzene rings is 2. The fourth-order valence-corrected chi connectivity index (χ4v) is 5.76. The summed E-state index contributed by atoms with van der Waals surface area (Å²) < 4.78 is 60.0. The molecule has 0 unspecified atom stereocenters. The molecule has 204 valence electrons. The molecular weight excluding hydrogens is 571 g/mol. The van der Waals surface area contributed by atoms with Crippen LogP contribution in [-0.4, -0.2) is 62.9 Å². The van der Waals surface area contributed by atoms with Crippen molar-refractivity contribution >= 4 is 62.0 Å². The Bertz CT molecular complexity index is 1390. The lowest BCUT2D eigenvalue weighted by Crippen LogP contribution is -2.46. The standard InChI is InChI=1S/C21H20ClN3O4S2.C2HF3O2/c22-16-3-1-4-17(14-16)24-8-10-25(11-9-24)19-7-6-15(21(26)27)13-18(19)23-31(28,29)20-5-2-12-30-20;3-2(4,5)1(6)7/h1-7,12-14,23H,8-11H2,(H,26,27);(H,6,7). The smallest absolute Gasteiger partial charge is 0.478 e. The largest absolute Gasteiger partial charge is 0.490 e. The van der Waals surface area contributed by atoms with Gasteiger partial charge in [0.15, 0.2) is 0 Å². The van der Waals surface area contributed by atoms with E-state index in [0.29, 0.717) is 23.8 Å². The third-order valence-corrected chi connectivity index (χ3v) is 8.28. The molecule has 2 heterocycles. The van der Waals surface area contributed by atoms with Crippen molar-refractivity contribution in [2.75, 3.05) is 40.7 Å². The molecule has 3 aromatic rings. The first-order chi connectivity index (χ1) is 17.8. The topological polar surface area (TPSA) is 127 Å². The van der Waals surface area contributed by atoms with Gasteiger partial charge in [-0.2, -0.15) is 13.2 Å². The summed E-state index contributed by atoms with van der Waals surface area (Å²) in [4.78, 5) is 24.6. The second-order valence-electron chi connectivity index (χ2n) is 7.83. The van der Waals surface area contributed by atoms with Crippen LogP contribution in [0.3, 0.4) is 0 Å². The fourth-order valence-electron chi connectivity index (χ4n) is 3.52. The first-order valence-electron chi connectivity index (χ1n) is 10.8. The number of piperazine rings is 1. The highest BCUT2D eigenvalue weighted by atomic mass is 35.5. The van der Waals surface area contributed by atoms with Crippen LogP contribution in [0.2, 0.25) is 5.02 Å². The first-order valence-corrected chi connectivity index (χ1v) is 13.5. The minimum atomic E-state index is -5.08. The van der Waals surface area contributed by atoms with Crippen molar-refractivity contribution in [3.8, 4) is 0 Å². The van der Waals surface area contributed by atoms with Gasteiger partial charge in [-0.25, -0.2) is 18.0 Å². The maximum absolute atomic E-state index is 12.8. The normalized spacial score (nSPS) is 13.9. The summed E-state index contributed by atoms with van der Waals surface area (Å²) in [6.45, 7) is 2.73. The highest BCUT2D eigenvalue weighted by Crippen LogP contribution is 2.32. The predicted octanol–water partition coefficient (Wildman–Crippen LogP) is 4.86. The zero-order valence-corrected chi connectivity index (χ0v) is 21.7. The molecule has 9 nitrogen and oxygen atoms in total. The average molecular weight is 592 g/mol. The van der Waals surface area contributed by atoms with Crippen molar-refractivity contribution in [3.63, 3.8) is 0 Å². The van der Waals surface area contributed by atoms with Crippen LogP contribution in [0.4, 0.5) is 30.2 Å². The summed E-state index contributed by atoms with van der Waals surface area (Å²) in [5, 5.41) is 18.8. The zero-order valence-electron chi connectivity index (χ0n) is 19.4. The number of sulfonamides is 1. The van der Waals surface area contributed by atoms with Crippen LogP contribution in [0.25, 0.3) is 0 Å². The Morgan fingerprint density at radius 2 is 1.58 bits per heavy atom. The van der Waals surface area contributed by atoms with Crippen LogP contribution in [-0.2, 0) is 14.8 Å². The molecule has 0 saturated carbocycles. The number of nitrogens with one attached hydrogen (secondary N) is 1. The number of carbonyl (C=O) groups is 2. The molecule has 1 aliphatic heterocycles. The highest BCUT2D eigenvalue weighted by Gasteiger charge is 2.38. The third-order valence-electron chi connectivity index (χ3n) is 5.28. The van der Waals surface area contributed by atoms with Crippen molar-refractivity contribution < 1.29 is 41.4 Å². The van der Waals surface area contributed by atoms with Crippen molar-refractivity contribution in [1.29, 1.82) is 0 Å². The van der Waals surface area contributed by atoms with Crippen molar-refractivity contribution in [2.45, 2.75) is 10.4 Å². The monoisotopic (exact) mass is 591 g/mol. The lowest BCUT2D eigenvalue weighted by Gasteiger charge is -2.38. The Labute approximate surface area is 224 Å². The minimum absolute atomic E-state index is 0.0187. The highest BCUT2D eigenvalue weighted by molar-refractivity contribution is 7.94. The van der Waals surface area contributed by atoms with Crippen molar-refractivity contribution in [3.05, 3.63) is 70.6 Å². The van der Waals surface area contributed by atoms with Gasteiger partial charge >= 0.3 is 18.1 Å². The number of aromatic carboxylic acids is 1. The van der Waals surface area contributed by atoms with Gasteiger partial charge in [0.1, 0.15) is 4.21 Å². The predicted molar refractivity (Wildman–Crippen MR) is 138 cm³/mol. The van der Waals surface area contributed by atoms with Gasteiger partial charge in [-0.3, -0.25) is 4.72 Å². The molecule has 1 aliphatic rings. The Kier molecular flexibility index (Phi) is 9.12. The lowest BCUT2D eigenvalue weighted by molar-refractivity contribution is -0.192. The van der Waals surface area contributed by atoms with Crippen LogP contribution in [0.5, 0.6) is 0 Å².